The molecule has 0 heterocycles. The Hall–Kier alpha value is -1.00. The molecule has 2 rings (SSSR count). The highest BCUT2D eigenvalue weighted by molar-refractivity contribution is 7.99. The van der Waals surface area contributed by atoms with Crippen LogP contribution in [0.1, 0.15) is 25.7 Å². The standard InChI is InChI=1S/C15H21NO2S/c17-14(12-6-7-12)8-10-16-15(18)9-11-19-13-4-2-1-3-5-13/h1-5,12,14,17H,6-11H2,(H,16,18)/t14-/m0/s1. The fourth-order valence-electron chi connectivity index (χ4n) is 1.94. The van der Waals surface area contributed by atoms with Crippen LogP contribution in [0.25, 0.3) is 0 Å². The number of hydrogen-bond donors (Lipinski definition) is 2. The number of nitrogens with one attached hydrogen (secondary N) is 1. The van der Waals surface area contributed by atoms with Crippen molar-refractivity contribution in [3.63, 3.8) is 0 Å². The van der Waals surface area contributed by atoms with Crippen LogP contribution in [0.2, 0.25) is 0 Å². The van der Waals surface area contributed by atoms with Crippen LogP contribution in [0.3, 0.4) is 0 Å². The third kappa shape index (κ3) is 5.66. The molecule has 0 spiro atoms. The van der Waals surface area contributed by atoms with Gasteiger partial charge in [0.1, 0.15) is 0 Å². The summed E-state index contributed by atoms with van der Waals surface area (Å²) in [6.07, 6.45) is 3.27. The molecule has 0 saturated heterocycles. The number of amides is 1. The Morgan fingerprint density at radius 3 is 2.79 bits per heavy atom. The summed E-state index contributed by atoms with van der Waals surface area (Å²) in [5, 5.41) is 12.5. The smallest absolute Gasteiger partial charge is 0.220 e. The maximum Gasteiger partial charge on any atom is 0.220 e. The summed E-state index contributed by atoms with van der Waals surface area (Å²) in [6.45, 7) is 0.590. The number of aliphatic hydroxyl groups excluding tert-OH is 1. The van der Waals surface area contributed by atoms with Gasteiger partial charge in [0, 0.05) is 23.6 Å². The van der Waals surface area contributed by atoms with E-state index in [-0.39, 0.29) is 12.0 Å². The molecule has 1 aliphatic rings. The zero-order valence-corrected chi connectivity index (χ0v) is 11.9. The van der Waals surface area contributed by atoms with Crippen LogP contribution >= 0.6 is 11.8 Å². The number of carbonyl (C=O) groups excluding carboxylic acids is 1. The molecule has 0 bridgehead atoms. The van der Waals surface area contributed by atoms with Crippen LogP contribution in [0.4, 0.5) is 0 Å². The predicted octanol–water partition coefficient (Wildman–Crippen LogP) is 2.45. The van der Waals surface area contributed by atoms with E-state index in [4.69, 9.17) is 0 Å². The first-order valence-corrected chi connectivity index (χ1v) is 7.87. The second kappa shape index (κ2) is 7.56. The van der Waals surface area contributed by atoms with E-state index in [0.717, 1.165) is 18.6 Å². The molecule has 1 aliphatic carbocycles. The highest BCUT2D eigenvalue weighted by Gasteiger charge is 2.29. The third-order valence-corrected chi connectivity index (χ3v) is 4.28. The SMILES string of the molecule is O=C(CCSc1ccccc1)NCC[C@H](O)C1CC1. The molecule has 4 heteroatoms. The summed E-state index contributed by atoms with van der Waals surface area (Å²) in [4.78, 5) is 12.8. The molecule has 2 N–H and O–H groups in total. The number of hydrogen-bond acceptors (Lipinski definition) is 3. The summed E-state index contributed by atoms with van der Waals surface area (Å²) < 4.78 is 0. The Labute approximate surface area is 118 Å². The molecule has 1 aromatic rings. The van der Waals surface area contributed by atoms with E-state index in [2.05, 4.69) is 17.4 Å². The van der Waals surface area contributed by atoms with Crippen molar-refractivity contribution < 1.29 is 9.90 Å². The zero-order chi connectivity index (χ0) is 13.5. The van der Waals surface area contributed by atoms with Crippen LogP contribution < -0.4 is 5.32 Å². The van der Waals surface area contributed by atoms with Gasteiger partial charge in [0.15, 0.2) is 0 Å². The lowest BCUT2D eigenvalue weighted by Gasteiger charge is -2.09. The predicted molar refractivity (Wildman–Crippen MR) is 78.1 cm³/mol. The molecule has 1 amide bonds. The van der Waals surface area contributed by atoms with Crippen molar-refractivity contribution >= 4 is 17.7 Å². The summed E-state index contributed by atoms with van der Waals surface area (Å²) in [6, 6.07) is 10.1. The number of carbonyl (C=O) groups is 1. The summed E-state index contributed by atoms with van der Waals surface area (Å²) in [5.41, 5.74) is 0. The third-order valence-electron chi connectivity index (χ3n) is 3.27. The van der Waals surface area contributed by atoms with Gasteiger partial charge in [-0.2, -0.15) is 0 Å². The fourth-order valence-corrected chi connectivity index (χ4v) is 2.82. The van der Waals surface area contributed by atoms with Crippen molar-refractivity contribution in [2.24, 2.45) is 5.92 Å². The summed E-state index contributed by atoms with van der Waals surface area (Å²) >= 11 is 1.69. The van der Waals surface area contributed by atoms with E-state index < -0.39 is 0 Å². The molecule has 19 heavy (non-hydrogen) atoms. The van der Waals surface area contributed by atoms with E-state index in [1.807, 2.05) is 18.2 Å². The van der Waals surface area contributed by atoms with Crippen LogP contribution in [-0.4, -0.2) is 29.4 Å². The lowest BCUT2D eigenvalue weighted by molar-refractivity contribution is -0.120. The molecule has 1 aromatic carbocycles. The van der Waals surface area contributed by atoms with Crippen molar-refractivity contribution in [2.45, 2.75) is 36.7 Å². The molecule has 1 saturated carbocycles. The molecule has 104 valence electrons. The highest BCUT2D eigenvalue weighted by Crippen LogP contribution is 2.33. The molecule has 0 radical (unpaired) electrons. The number of thioether (sulfide) groups is 1. The second-order valence-electron chi connectivity index (χ2n) is 4.95. The van der Waals surface area contributed by atoms with Crippen molar-refractivity contribution in [1.29, 1.82) is 0 Å². The average molecular weight is 279 g/mol. The Morgan fingerprint density at radius 1 is 1.37 bits per heavy atom. The first kappa shape index (κ1) is 14.4. The Kier molecular flexibility index (Phi) is 5.73. The van der Waals surface area contributed by atoms with Crippen LogP contribution in [0.5, 0.6) is 0 Å². The molecule has 1 atom stereocenters. The largest absolute Gasteiger partial charge is 0.393 e. The number of rotatable bonds is 8. The van der Waals surface area contributed by atoms with Gasteiger partial charge >= 0.3 is 0 Å². The molecule has 0 aliphatic heterocycles. The molecule has 1 fully saturated rings. The fraction of sp³-hybridized carbons (Fsp3) is 0.533. The van der Waals surface area contributed by atoms with Crippen LogP contribution in [-0.2, 0) is 4.79 Å². The average Bonchev–Trinajstić information content (AvgIpc) is 3.24. The zero-order valence-electron chi connectivity index (χ0n) is 11.0. The number of benzene rings is 1. The van der Waals surface area contributed by atoms with Gasteiger partial charge in [0.25, 0.3) is 0 Å². The Bertz CT molecular complexity index is 392. The minimum absolute atomic E-state index is 0.0754. The van der Waals surface area contributed by atoms with Gasteiger partial charge < -0.3 is 10.4 Å². The van der Waals surface area contributed by atoms with Crippen molar-refractivity contribution in [3.8, 4) is 0 Å². The highest BCUT2D eigenvalue weighted by atomic mass is 32.2. The minimum Gasteiger partial charge on any atom is -0.393 e. The normalized spacial score (nSPS) is 16.1. The topological polar surface area (TPSA) is 49.3 Å². The molecule has 0 aromatic heterocycles. The van der Waals surface area contributed by atoms with E-state index in [1.165, 1.54) is 4.90 Å². The Morgan fingerprint density at radius 2 is 2.11 bits per heavy atom. The molecular weight excluding hydrogens is 258 g/mol. The van der Waals surface area contributed by atoms with Gasteiger partial charge in [-0.15, -0.1) is 11.8 Å². The summed E-state index contributed by atoms with van der Waals surface area (Å²) in [5.74, 6) is 1.36. The molecule has 3 nitrogen and oxygen atoms in total. The summed E-state index contributed by atoms with van der Waals surface area (Å²) in [7, 11) is 0. The van der Waals surface area contributed by atoms with Gasteiger partial charge in [0.05, 0.1) is 6.10 Å². The van der Waals surface area contributed by atoms with E-state index in [1.54, 1.807) is 11.8 Å². The van der Waals surface area contributed by atoms with Gasteiger partial charge in [-0.3, -0.25) is 4.79 Å². The number of aliphatic hydroxyl groups is 1. The van der Waals surface area contributed by atoms with E-state index in [0.29, 0.717) is 25.3 Å². The maximum absolute atomic E-state index is 11.6. The van der Waals surface area contributed by atoms with Gasteiger partial charge in [0.2, 0.25) is 5.91 Å². The van der Waals surface area contributed by atoms with Crippen molar-refractivity contribution in [3.05, 3.63) is 30.3 Å². The second-order valence-corrected chi connectivity index (χ2v) is 6.12. The van der Waals surface area contributed by atoms with E-state index >= 15 is 0 Å². The van der Waals surface area contributed by atoms with Crippen LogP contribution in [0, 0.1) is 5.92 Å². The monoisotopic (exact) mass is 279 g/mol. The lowest BCUT2D eigenvalue weighted by atomic mass is 10.1. The van der Waals surface area contributed by atoms with Crippen LogP contribution in [0.15, 0.2) is 35.2 Å². The van der Waals surface area contributed by atoms with Gasteiger partial charge in [-0.05, 0) is 37.3 Å². The van der Waals surface area contributed by atoms with Gasteiger partial charge in [-0.25, -0.2) is 0 Å². The quantitative estimate of drug-likeness (QED) is 0.719. The molecular formula is C15H21NO2S. The lowest BCUT2D eigenvalue weighted by Crippen LogP contribution is -2.27. The minimum atomic E-state index is -0.223. The first-order chi connectivity index (χ1) is 9.25. The van der Waals surface area contributed by atoms with Crippen molar-refractivity contribution in [1.82, 2.24) is 5.32 Å². The molecule has 0 unspecified atom stereocenters. The first-order valence-electron chi connectivity index (χ1n) is 6.88. The van der Waals surface area contributed by atoms with E-state index in [9.17, 15) is 9.90 Å². The maximum atomic E-state index is 11.6. The van der Waals surface area contributed by atoms with Crippen molar-refractivity contribution in [2.75, 3.05) is 12.3 Å². The van der Waals surface area contributed by atoms with Gasteiger partial charge in [-0.1, -0.05) is 18.2 Å². The Balaban J connectivity index is 1.52.